The van der Waals surface area contributed by atoms with E-state index in [1.54, 1.807) is 0 Å². The molecule has 0 spiro atoms. The molecule has 0 fully saturated rings. The molecule has 0 atom stereocenters. The normalized spacial score (nSPS) is 19.2. The first-order chi connectivity index (χ1) is 10.6. The van der Waals surface area contributed by atoms with E-state index < -0.39 is 5.92 Å². The average molecular weight is 306 g/mol. The van der Waals surface area contributed by atoms with Gasteiger partial charge in [-0.15, -0.1) is 0 Å². The summed E-state index contributed by atoms with van der Waals surface area (Å²) in [7, 11) is 0. The number of Topliss-reactive ketones (excluding diaryl/α,β-unsaturated/α-hetero) is 2. The molecule has 0 bridgehead atoms. The van der Waals surface area contributed by atoms with Gasteiger partial charge in [-0.1, -0.05) is 39.0 Å². The maximum Gasteiger partial charge on any atom is 0.163 e. The molecule has 0 heterocycles. The van der Waals surface area contributed by atoms with Crippen molar-refractivity contribution in [3.05, 3.63) is 22.7 Å². The molecule has 0 aliphatic heterocycles. The maximum absolute atomic E-state index is 12.1. The van der Waals surface area contributed by atoms with E-state index in [1.807, 2.05) is 0 Å². The SMILES string of the molecule is CCCCCCCC(C1=C(O)CCC1=O)C1=C(O)CCC1=O. The summed E-state index contributed by atoms with van der Waals surface area (Å²) in [4.78, 5) is 24.2. The minimum atomic E-state index is -0.411. The summed E-state index contributed by atoms with van der Waals surface area (Å²) >= 11 is 0. The Morgan fingerprint density at radius 2 is 1.32 bits per heavy atom. The van der Waals surface area contributed by atoms with Gasteiger partial charge in [0, 0.05) is 42.7 Å². The number of aliphatic hydroxyl groups is 2. The van der Waals surface area contributed by atoms with E-state index in [0.717, 1.165) is 25.7 Å². The molecule has 0 saturated heterocycles. The van der Waals surface area contributed by atoms with Gasteiger partial charge in [0.1, 0.15) is 11.5 Å². The third kappa shape index (κ3) is 3.60. The van der Waals surface area contributed by atoms with Crippen LogP contribution in [0.2, 0.25) is 0 Å². The Kier molecular flexibility index (Phi) is 5.81. The van der Waals surface area contributed by atoms with E-state index in [0.29, 0.717) is 43.3 Å². The smallest absolute Gasteiger partial charge is 0.163 e. The number of unbranched alkanes of at least 4 members (excludes halogenated alkanes) is 4. The molecule has 2 N–H and O–H groups in total. The maximum atomic E-state index is 12.1. The van der Waals surface area contributed by atoms with Crippen molar-refractivity contribution in [3.63, 3.8) is 0 Å². The fourth-order valence-corrected chi connectivity index (χ4v) is 3.50. The van der Waals surface area contributed by atoms with E-state index in [-0.39, 0.29) is 23.1 Å². The monoisotopic (exact) mass is 306 g/mol. The highest BCUT2D eigenvalue weighted by Gasteiger charge is 2.37. The average Bonchev–Trinajstić information content (AvgIpc) is 2.99. The van der Waals surface area contributed by atoms with Crippen LogP contribution in [0.4, 0.5) is 0 Å². The molecule has 0 aromatic heterocycles. The number of allylic oxidation sites excluding steroid dienone is 4. The summed E-state index contributed by atoms with van der Waals surface area (Å²) in [5.74, 6) is -0.328. The third-order valence-electron chi connectivity index (χ3n) is 4.69. The van der Waals surface area contributed by atoms with Gasteiger partial charge in [-0.05, 0) is 6.42 Å². The van der Waals surface area contributed by atoms with E-state index in [1.165, 1.54) is 6.42 Å². The van der Waals surface area contributed by atoms with Crippen LogP contribution in [-0.2, 0) is 9.59 Å². The predicted octanol–water partition coefficient (Wildman–Crippen LogP) is 4.31. The van der Waals surface area contributed by atoms with Crippen LogP contribution in [0.25, 0.3) is 0 Å². The van der Waals surface area contributed by atoms with E-state index in [2.05, 4.69) is 6.92 Å². The highest BCUT2D eigenvalue weighted by molar-refractivity contribution is 6.04. The summed E-state index contributed by atoms with van der Waals surface area (Å²) in [6, 6.07) is 0. The minimum Gasteiger partial charge on any atom is -0.512 e. The summed E-state index contributed by atoms with van der Waals surface area (Å²) in [5, 5.41) is 20.1. The number of rotatable bonds is 8. The molecule has 4 nitrogen and oxygen atoms in total. The van der Waals surface area contributed by atoms with Gasteiger partial charge in [0.2, 0.25) is 0 Å². The lowest BCUT2D eigenvalue weighted by Crippen LogP contribution is -2.18. The van der Waals surface area contributed by atoms with Crippen molar-refractivity contribution in [3.8, 4) is 0 Å². The third-order valence-corrected chi connectivity index (χ3v) is 4.69. The molecule has 0 saturated carbocycles. The molecule has 4 heteroatoms. The molecular formula is C18H26O4. The quantitative estimate of drug-likeness (QED) is 0.655. The fraction of sp³-hybridized carbons (Fsp3) is 0.667. The van der Waals surface area contributed by atoms with Crippen LogP contribution in [0.15, 0.2) is 22.7 Å². The first-order valence-corrected chi connectivity index (χ1v) is 8.46. The summed E-state index contributed by atoms with van der Waals surface area (Å²) in [6.45, 7) is 2.16. The van der Waals surface area contributed by atoms with Gasteiger partial charge in [-0.25, -0.2) is 0 Å². The van der Waals surface area contributed by atoms with Gasteiger partial charge < -0.3 is 10.2 Å². The van der Waals surface area contributed by atoms with Crippen LogP contribution in [0.3, 0.4) is 0 Å². The largest absolute Gasteiger partial charge is 0.512 e. The lowest BCUT2D eigenvalue weighted by molar-refractivity contribution is -0.115. The van der Waals surface area contributed by atoms with Gasteiger partial charge in [0.25, 0.3) is 0 Å². The Labute approximate surface area is 131 Å². The number of carbonyl (C=O) groups is 2. The molecule has 0 radical (unpaired) electrons. The van der Waals surface area contributed by atoms with Crippen molar-refractivity contribution in [2.45, 2.75) is 71.1 Å². The van der Waals surface area contributed by atoms with Crippen molar-refractivity contribution >= 4 is 11.6 Å². The molecule has 122 valence electrons. The number of ketones is 2. The van der Waals surface area contributed by atoms with E-state index in [4.69, 9.17) is 0 Å². The molecule has 0 unspecified atom stereocenters. The lowest BCUT2D eigenvalue weighted by atomic mass is 9.83. The number of carbonyl (C=O) groups excluding carboxylic acids is 2. The fourth-order valence-electron chi connectivity index (χ4n) is 3.50. The molecule has 2 aliphatic rings. The van der Waals surface area contributed by atoms with Gasteiger partial charge in [-0.2, -0.15) is 0 Å². The summed E-state index contributed by atoms with van der Waals surface area (Å²) in [6.07, 6.45) is 7.45. The topological polar surface area (TPSA) is 74.6 Å². The van der Waals surface area contributed by atoms with Crippen molar-refractivity contribution in [1.29, 1.82) is 0 Å². The molecule has 0 amide bonds. The highest BCUT2D eigenvalue weighted by atomic mass is 16.3. The van der Waals surface area contributed by atoms with Crippen LogP contribution in [0.1, 0.15) is 71.1 Å². The number of aliphatic hydroxyl groups excluding tert-OH is 2. The molecule has 0 aromatic carbocycles. The van der Waals surface area contributed by atoms with Crippen LogP contribution in [-0.4, -0.2) is 21.8 Å². The summed E-state index contributed by atoms with van der Waals surface area (Å²) < 4.78 is 0. The highest BCUT2D eigenvalue weighted by Crippen LogP contribution is 2.39. The Morgan fingerprint density at radius 1 is 0.818 bits per heavy atom. The molecule has 0 aromatic rings. The Morgan fingerprint density at radius 3 is 1.73 bits per heavy atom. The van der Waals surface area contributed by atoms with E-state index in [9.17, 15) is 19.8 Å². The Bertz CT molecular complexity index is 473. The van der Waals surface area contributed by atoms with Gasteiger partial charge in [0.15, 0.2) is 11.6 Å². The van der Waals surface area contributed by atoms with Crippen molar-refractivity contribution < 1.29 is 19.8 Å². The molecule has 2 aliphatic carbocycles. The Balaban J connectivity index is 2.15. The second-order valence-corrected chi connectivity index (χ2v) is 6.32. The standard InChI is InChI=1S/C18H26O4/c1-2-3-4-5-6-7-12(17-13(19)8-9-14(17)20)18-15(21)10-11-16(18)22/h12,19,21H,2-11H2,1H3. The van der Waals surface area contributed by atoms with Crippen molar-refractivity contribution in [1.82, 2.24) is 0 Å². The van der Waals surface area contributed by atoms with Gasteiger partial charge in [-0.3, -0.25) is 9.59 Å². The molecule has 22 heavy (non-hydrogen) atoms. The summed E-state index contributed by atoms with van der Waals surface area (Å²) in [5.41, 5.74) is 0.764. The van der Waals surface area contributed by atoms with Gasteiger partial charge in [0.05, 0.1) is 0 Å². The van der Waals surface area contributed by atoms with E-state index >= 15 is 0 Å². The Hall–Kier alpha value is -1.58. The van der Waals surface area contributed by atoms with Crippen molar-refractivity contribution in [2.24, 2.45) is 5.92 Å². The predicted molar refractivity (Wildman–Crippen MR) is 84.7 cm³/mol. The number of hydrogen-bond donors (Lipinski definition) is 2. The second-order valence-electron chi connectivity index (χ2n) is 6.32. The molecule has 2 rings (SSSR count). The zero-order valence-electron chi connectivity index (χ0n) is 13.4. The lowest BCUT2D eigenvalue weighted by Gasteiger charge is -2.19. The number of hydrogen-bond acceptors (Lipinski definition) is 4. The van der Waals surface area contributed by atoms with Gasteiger partial charge >= 0.3 is 0 Å². The molecular weight excluding hydrogens is 280 g/mol. The van der Waals surface area contributed by atoms with Crippen LogP contribution >= 0.6 is 0 Å². The first-order valence-electron chi connectivity index (χ1n) is 8.46. The zero-order valence-corrected chi connectivity index (χ0v) is 13.4. The van der Waals surface area contributed by atoms with Crippen LogP contribution in [0.5, 0.6) is 0 Å². The second kappa shape index (κ2) is 7.61. The van der Waals surface area contributed by atoms with Crippen LogP contribution < -0.4 is 0 Å². The zero-order chi connectivity index (χ0) is 16.1. The minimum absolute atomic E-state index is 0.0731. The van der Waals surface area contributed by atoms with Crippen LogP contribution in [0, 0.1) is 5.92 Å². The first kappa shape index (κ1) is 16.8. The van der Waals surface area contributed by atoms with Crippen molar-refractivity contribution in [2.75, 3.05) is 0 Å².